The van der Waals surface area contributed by atoms with Crippen LogP contribution < -0.4 is 5.32 Å². The van der Waals surface area contributed by atoms with Crippen molar-refractivity contribution < 1.29 is 4.79 Å². The molecule has 100 valence electrons. The predicted molar refractivity (Wildman–Crippen MR) is 80.7 cm³/mol. The standard InChI is InChI=1S/C15H13N3OS/c19-15(10-13-2-1-9-20-13)17-12-5-3-11(4-6-12)14-7-8-16-18-14/h1-9H,10H2,(H,16,18)(H,17,19). The van der Waals surface area contributed by atoms with Crippen molar-refractivity contribution in [2.75, 3.05) is 5.32 Å². The van der Waals surface area contributed by atoms with Crippen LogP contribution in [0.1, 0.15) is 4.88 Å². The third-order valence-corrected chi connectivity index (χ3v) is 3.77. The van der Waals surface area contributed by atoms with Crippen LogP contribution in [-0.2, 0) is 11.2 Å². The highest BCUT2D eigenvalue weighted by atomic mass is 32.1. The second-order valence-corrected chi connectivity index (χ2v) is 5.38. The van der Waals surface area contributed by atoms with E-state index < -0.39 is 0 Å². The van der Waals surface area contributed by atoms with Crippen molar-refractivity contribution in [1.29, 1.82) is 0 Å². The number of aromatic amines is 1. The number of carbonyl (C=O) groups is 1. The van der Waals surface area contributed by atoms with Gasteiger partial charge in [0.2, 0.25) is 5.91 Å². The Kier molecular flexibility index (Phi) is 3.60. The lowest BCUT2D eigenvalue weighted by atomic mass is 10.1. The zero-order valence-electron chi connectivity index (χ0n) is 10.7. The lowest BCUT2D eigenvalue weighted by molar-refractivity contribution is -0.115. The maximum absolute atomic E-state index is 11.9. The fourth-order valence-corrected chi connectivity index (χ4v) is 2.63. The Bertz CT molecular complexity index is 673. The Balaban J connectivity index is 1.65. The van der Waals surface area contributed by atoms with Gasteiger partial charge in [-0.3, -0.25) is 9.89 Å². The number of H-pyrrole nitrogens is 1. The van der Waals surface area contributed by atoms with Crippen molar-refractivity contribution in [3.63, 3.8) is 0 Å². The second-order valence-electron chi connectivity index (χ2n) is 4.35. The summed E-state index contributed by atoms with van der Waals surface area (Å²) in [7, 11) is 0. The first kappa shape index (κ1) is 12.6. The summed E-state index contributed by atoms with van der Waals surface area (Å²) < 4.78 is 0. The summed E-state index contributed by atoms with van der Waals surface area (Å²) in [6.45, 7) is 0. The van der Waals surface area contributed by atoms with Gasteiger partial charge in [0.1, 0.15) is 0 Å². The van der Waals surface area contributed by atoms with E-state index in [1.807, 2.05) is 47.8 Å². The topological polar surface area (TPSA) is 57.8 Å². The zero-order chi connectivity index (χ0) is 13.8. The van der Waals surface area contributed by atoms with Crippen LogP contribution in [0.15, 0.2) is 54.0 Å². The predicted octanol–water partition coefficient (Wildman–Crippen LogP) is 3.32. The Morgan fingerprint density at radius 3 is 2.70 bits per heavy atom. The SMILES string of the molecule is O=C(Cc1cccs1)Nc1ccc(-c2ccn[nH]2)cc1. The molecule has 3 rings (SSSR count). The number of anilines is 1. The van der Waals surface area contributed by atoms with E-state index in [0.29, 0.717) is 6.42 Å². The molecule has 0 saturated heterocycles. The number of carbonyl (C=O) groups excluding carboxylic acids is 1. The molecule has 0 atom stereocenters. The molecule has 2 heterocycles. The number of thiophene rings is 1. The average Bonchev–Trinajstić information content (AvgIpc) is 3.12. The number of hydrogen-bond acceptors (Lipinski definition) is 3. The first-order valence-electron chi connectivity index (χ1n) is 6.23. The molecule has 2 N–H and O–H groups in total. The minimum Gasteiger partial charge on any atom is -0.326 e. The van der Waals surface area contributed by atoms with Gasteiger partial charge in [-0.05, 0) is 35.2 Å². The van der Waals surface area contributed by atoms with Gasteiger partial charge in [-0.2, -0.15) is 5.10 Å². The molecule has 1 aromatic carbocycles. The van der Waals surface area contributed by atoms with Crippen LogP contribution in [0.25, 0.3) is 11.3 Å². The number of nitrogens with one attached hydrogen (secondary N) is 2. The molecule has 0 aliphatic carbocycles. The average molecular weight is 283 g/mol. The molecule has 3 aromatic rings. The van der Waals surface area contributed by atoms with Crippen LogP contribution in [-0.4, -0.2) is 16.1 Å². The number of rotatable bonds is 4. The van der Waals surface area contributed by atoms with Crippen molar-refractivity contribution in [2.24, 2.45) is 0 Å². The summed E-state index contributed by atoms with van der Waals surface area (Å²) in [5.41, 5.74) is 2.80. The van der Waals surface area contributed by atoms with Gasteiger partial charge >= 0.3 is 0 Å². The van der Waals surface area contributed by atoms with Crippen molar-refractivity contribution in [3.8, 4) is 11.3 Å². The van der Waals surface area contributed by atoms with Crippen molar-refractivity contribution >= 4 is 22.9 Å². The van der Waals surface area contributed by atoms with E-state index >= 15 is 0 Å². The maximum atomic E-state index is 11.9. The number of hydrogen-bond donors (Lipinski definition) is 2. The molecule has 20 heavy (non-hydrogen) atoms. The summed E-state index contributed by atoms with van der Waals surface area (Å²) in [6, 6.07) is 13.5. The zero-order valence-corrected chi connectivity index (χ0v) is 11.5. The van der Waals surface area contributed by atoms with E-state index in [0.717, 1.165) is 21.8 Å². The van der Waals surface area contributed by atoms with Gasteiger partial charge in [-0.15, -0.1) is 11.3 Å². The van der Waals surface area contributed by atoms with Gasteiger partial charge in [-0.25, -0.2) is 0 Å². The smallest absolute Gasteiger partial charge is 0.229 e. The highest BCUT2D eigenvalue weighted by Crippen LogP contribution is 2.19. The normalized spacial score (nSPS) is 10.4. The highest BCUT2D eigenvalue weighted by Gasteiger charge is 2.05. The molecule has 0 spiro atoms. The molecule has 0 unspecified atom stereocenters. The lowest BCUT2D eigenvalue weighted by Gasteiger charge is -2.05. The third kappa shape index (κ3) is 2.95. The molecule has 0 radical (unpaired) electrons. The lowest BCUT2D eigenvalue weighted by Crippen LogP contribution is -2.13. The fourth-order valence-electron chi connectivity index (χ4n) is 1.93. The molecule has 0 aliphatic heterocycles. The van der Waals surface area contributed by atoms with E-state index in [-0.39, 0.29) is 5.91 Å². The molecule has 5 heteroatoms. The van der Waals surface area contributed by atoms with Crippen LogP contribution in [0.2, 0.25) is 0 Å². The molecule has 0 fully saturated rings. The van der Waals surface area contributed by atoms with E-state index in [9.17, 15) is 4.79 Å². The van der Waals surface area contributed by atoms with Gasteiger partial charge in [-0.1, -0.05) is 18.2 Å². The number of amides is 1. The quantitative estimate of drug-likeness (QED) is 0.771. The monoisotopic (exact) mass is 283 g/mol. The Morgan fingerprint density at radius 2 is 2.05 bits per heavy atom. The summed E-state index contributed by atoms with van der Waals surface area (Å²) >= 11 is 1.59. The van der Waals surface area contributed by atoms with Gasteiger partial charge in [0.15, 0.2) is 0 Å². The van der Waals surface area contributed by atoms with Crippen molar-refractivity contribution in [1.82, 2.24) is 10.2 Å². The molecular weight excluding hydrogens is 270 g/mol. The molecule has 1 amide bonds. The second kappa shape index (κ2) is 5.71. The first-order chi connectivity index (χ1) is 9.81. The highest BCUT2D eigenvalue weighted by molar-refractivity contribution is 7.10. The van der Waals surface area contributed by atoms with Crippen molar-refractivity contribution in [3.05, 3.63) is 58.9 Å². The Morgan fingerprint density at radius 1 is 1.20 bits per heavy atom. The third-order valence-electron chi connectivity index (χ3n) is 2.90. The van der Waals surface area contributed by atoms with E-state index in [1.54, 1.807) is 17.5 Å². The van der Waals surface area contributed by atoms with Crippen LogP contribution in [0.5, 0.6) is 0 Å². The minimum absolute atomic E-state index is 0.00161. The van der Waals surface area contributed by atoms with Gasteiger partial charge in [0, 0.05) is 16.8 Å². The number of nitrogens with zero attached hydrogens (tertiary/aromatic N) is 1. The molecule has 2 aromatic heterocycles. The number of aromatic nitrogens is 2. The molecule has 0 bridgehead atoms. The van der Waals surface area contributed by atoms with Gasteiger partial charge in [0.25, 0.3) is 0 Å². The number of benzene rings is 1. The van der Waals surface area contributed by atoms with Gasteiger partial charge < -0.3 is 5.32 Å². The summed E-state index contributed by atoms with van der Waals surface area (Å²) in [5.74, 6) is 0.00161. The Hall–Kier alpha value is -2.40. The van der Waals surface area contributed by atoms with Crippen LogP contribution in [0.4, 0.5) is 5.69 Å². The fraction of sp³-hybridized carbons (Fsp3) is 0.0667. The Labute approximate surface area is 120 Å². The summed E-state index contributed by atoms with van der Waals surface area (Å²) in [6.07, 6.45) is 2.13. The molecule has 0 aliphatic rings. The summed E-state index contributed by atoms with van der Waals surface area (Å²) in [5, 5.41) is 11.7. The largest absolute Gasteiger partial charge is 0.326 e. The minimum atomic E-state index is 0.00161. The van der Waals surface area contributed by atoms with Crippen LogP contribution in [0.3, 0.4) is 0 Å². The van der Waals surface area contributed by atoms with Gasteiger partial charge in [0.05, 0.1) is 12.1 Å². The summed E-state index contributed by atoms with van der Waals surface area (Å²) in [4.78, 5) is 12.9. The van der Waals surface area contributed by atoms with Crippen LogP contribution >= 0.6 is 11.3 Å². The van der Waals surface area contributed by atoms with Crippen LogP contribution in [0, 0.1) is 0 Å². The van der Waals surface area contributed by atoms with E-state index in [2.05, 4.69) is 15.5 Å². The van der Waals surface area contributed by atoms with Crippen molar-refractivity contribution in [2.45, 2.75) is 6.42 Å². The maximum Gasteiger partial charge on any atom is 0.229 e. The molecular formula is C15H13N3OS. The van der Waals surface area contributed by atoms with E-state index in [4.69, 9.17) is 0 Å². The molecule has 4 nitrogen and oxygen atoms in total. The molecule has 0 saturated carbocycles. The first-order valence-corrected chi connectivity index (χ1v) is 7.11. The van der Waals surface area contributed by atoms with E-state index in [1.165, 1.54) is 0 Å².